The van der Waals surface area contributed by atoms with E-state index in [9.17, 15) is 4.79 Å². The van der Waals surface area contributed by atoms with E-state index in [-0.39, 0.29) is 12.5 Å². The Labute approximate surface area is 119 Å². The van der Waals surface area contributed by atoms with E-state index >= 15 is 0 Å². The van der Waals surface area contributed by atoms with Crippen LogP contribution in [0.4, 0.5) is 0 Å². The Hall–Kier alpha value is -2.35. The van der Waals surface area contributed by atoms with Crippen LogP contribution in [0.15, 0.2) is 29.4 Å². The van der Waals surface area contributed by atoms with Crippen LogP contribution in [0.5, 0.6) is 5.75 Å². The third kappa shape index (κ3) is 5.11. The number of carbonyl (C=O) groups excluding carboxylic acids is 1. The average molecular weight is 273 g/mol. The fourth-order valence-corrected chi connectivity index (χ4v) is 1.36. The van der Waals surface area contributed by atoms with Crippen LogP contribution >= 0.6 is 0 Å². The maximum Gasteiger partial charge on any atom is 0.277 e. The quantitative estimate of drug-likeness (QED) is 0.639. The molecule has 0 saturated heterocycles. The fourth-order valence-electron chi connectivity index (χ4n) is 1.36. The summed E-state index contributed by atoms with van der Waals surface area (Å²) in [6.45, 7) is 5.90. The third-order valence-electron chi connectivity index (χ3n) is 3.04. The van der Waals surface area contributed by atoms with Gasteiger partial charge in [-0.2, -0.15) is 10.4 Å². The van der Waals surface area contributed by atoms with Crippen LogP contribution in [-0.4, -0.2) is 18.2 Å². The first-order valence-corrected chi connectivity index (χ1v) is 6.52. The Kier molecular flexibility index (Phi) is 6.24. The number of amides is 1. The Bertz CT molecular complexity index is 515. The minimum atomic E-state index is -0.308. The second kappa shape index (κ2) is 7.95. The molecule has 20 heavy (non-hydrogen) atoms. The second-order valence-electron chi connectivity index (χ2n) is 4.52. The molecule has 0 aromatic heterocycles. The van der Waals surface area contributed by atoms with Crippen LogP contribution in [-0.2, 0) is 4.79 Å². The first kappa shape index (κ1) is 15.7. The molecule has 0 aliphatic carbocycles. The number of nitriles is 1. The van der Waals surface area contributed by atoms with Gasteiger partial charge >= 0.3 is 0 Å². The molecule has 106 valence electrons. The van der Waals surface area contributed by atoms with Gasteiger partial charge in [-0.1, -0.05) is 13.8 Å². The largest absolute Gasteiger partial charge is 0.484 e. The normalized spacial score (nSPS) is 12.4. The van der Waals surface area contributed by atoms with Crippen LogP contribution in [0.1, 0.15) is 32.8 Å². The summed E-state index contributed by atoms with van der Waals surface area (Å²) in [6.07, 6.45) is 0.979. The summed E-state index contributed by atoms with van der Waals surface area (Å²) >= 11 is 0. The Morgan fingerprint density at radius 3 is 2.65 bits per heavy atom. The van der Waals surface area contributed by atoms with E-state index in [2.05, 4.69) is 24.4 Å². The molecule has 0 aliphatic heterocycles. The lowest BCUT2D eigenvalue weighted by Gasteiger charge is -2.08. The minimum absolute atomic E-state index is 0.108. The number of hydrazone groups is 1. The zero-order valence-corrected chi connectivity index (χ0v) is 12.0. The van der Waals surface area contributed by atoms with E-state index in [0.29, 0.717) is 17.2 Å². The maximum absolute atomic E-state index is 11.6. The molecular weight excluding hydrogens is 254 g/mol. The van der Waals surface area contributed by atoms with Crippen molar-refractivity contribution in [3.8, 4) is 11.8 Å². The number of nitrogens with one attached hydrogen (secondary N) is 1. The molecule has 0 unspecified atom stereocenters. The number of hydrogen-bond acceptors (Lipinski definition) is 4. The van der Waals surface area contributed by atoms with Crippen molar-refractivity contribution in [3.63, 3.8) is 0 Å². The molecule has 5 heteroatoms. The topological polar surface area (TPSA) is 74.5 Å². The zero-order valence-electron chi connectivity index (χ0n) is 12.0. The highest BCUT2D eigenvalue weighted by atomic mass is 16.5. The smallest absolute Gasteiger partial charge is 0.277 e. The summed E-state index contributed by atoms with van der Waals surface area (Å²) in [4.78, 5) is 11.6. The van der Waals surface area contributed by atoms with Crippen molar-refractivity contribution in [1.29, 1.82) is 5.26 Å². The van der Waals surface area contributed by atoms with Crippen LogP contribution in [0, 0.1) is 17.2 Å². The molecule has 0 radical (unpaired) electrons. The lowest BCUT2D eigenvalue weighted by Crippen LogP contribution is -2.26. The molecule has 1 atom stereocenters. The lowest BCUT2D eigenvalue weighted by atomic mass is 10.1. The van der Waals surface area contributed by atoms with E-state index < -0.39 is 0 Å². The molecule has 0 bridgehead atoms. The summed E-state index contributed by atoms with van der Waals surface area (Å²) in [6, 6.07) is 8.59. The number of benzene rings is 1. The summed E-state index contributed by atoms with van der Waals surface area (Å²) in [5.74, 6) is 0.577. The highest BCUT2D eigenvalue weighted by molar-refractivity contribution is 5.86. The van der Waals surface area contributed by atoms with E-state index in [1.54, 1.807) is 24.3 Å². The fraction of sp³-hybridized carbons (Fsp3) is 0.400. The molecule has 1 rings (SSSR count). The maximum atomic E-state index is 11.6. The van der Waals surface area contributed by atoms with Crippen LogP contribution in [0.2, 0.25) is 0 Å². The van der Waals surface area contributed by atoms with Crippen molar-refractivity contribution in [2.75, 3.05) is 6.61 Å². The molecular formula is C15H19N3O2. The van der Waals surface area contributed by atoms with Crippen molar-refractivity contribution < 1.29 is 9.53 Å². The van der Waals surface area contributed by atoms with Crippen molar-refractivity contribution in [1.82, 2.24) is 5.43 Å². The van der Waals surface area contributed by atoms with Gasteiger partial charge in [0, 0.05) is 5.71 Å². The Morgan fingerprint density at radius 2 is 2.10 bits per heavy atom. The summed E-state index contributed by atoms with van der Waals surface area (Å²) in [5, 5.41) is 12.7. The molecule has 5 nitrogen and oxygen atoms in total. The molecule has 1 aromatic rings. The SMILES string of the molecule is CC[C@@H](C)/C(C)=N\NC(=O)COc1ccc(C#N)cc1. The number of ether oxygens (including phenoxy) is 1. The van der Waals surface area contributed by atoms with Crippen molar-refractivity contribution in [2.24, 2.45) is 11.0 Å². The van der Waals surface area contributed by atoms with Gasteiger partial charge in [0.2, 0.25) is 0 Å². The van der Waals surface area contributed by atoms with E-state index in [1.807, 2.05) is 13.0 Å². The molecule has 1 N–H and O–H groups in total. The second-order valence-corrected chi connectivity index (χ2v) is 4.52. The van der Waals surface area contributed by atoms with E-state index in [1.165, 1.54) is 0 Å². The average Bonchev–Trinajstić information content (AvgIpc) is 2.50. The first-order valence-electron chi connectivity index (χ1n) is 6.52. The van der Waals surface area contributed by atoms with Gasteiger partial charge in [-0.05, 0) is 43.5 Å². The van der Waals surface area contributed by atoms with Gasteiger partial charge in [0.15, 0.2) is 6.61 Å². The van der Waals surface area contributed by atoms with Crippen molar-refractivity contribution in [3.05, 3.63) is 29.8 Å². The predicted molar refractivity (Wildman–Crippen MR) is 77.4 cm³/mol. The standard InChI is InChI=1S/C15H19N3O2/c1-4-11(2)12(3)17-18-15(19)10-20-14-7-5-13(9-16)6-8-14/h5-8,11H,4,10H2,1-3H3,(H,18,19)/b17-12-/t11-/m1/s1. The summed E-state index contributed by atoms with van der Waals surface area (Å²) in [7, 11) is 0. The molecule has 0 fully saturated rings. The highest BCUT2D eigenvalue weighted by Gasteiger charge is 2.05. The molecule has 0 spiro atoms. The Balaban J connectivity index is 2.41. The molecule has 0 heterocycles. The van der Waals surface area contributed by atoms with E-state index in [4.69, 9.17) is 10.00 Å². The number of carbonyl (C=O) groups is 1. The van der Waals surface area contributed by atoms with E-state index in [0.717, 1.165) is 12.1 Å². The van der Waals surface area contributed by atoms with Gasteiger partial charge in [0.25, 0.3) is 5.91 Å². The first-order chi connectivity index (χ1) is 9.56. The monoisotopic (exact) mass is 273 g/mol. The minimum Gasteiger partial charge on any atom is -0.484 e. The van der Waals surface area contributed by atoms with Gasteiger partial charge in [-0.25, -0.2) is 5.43 Å². The molecule has 0 aliphatic rings. The number of rotatable bonds is 6. The molecule has 1 aromatic carbocycles. The van der Waals surface area contributed by atoms with Crippen LogP contribution in [0.3, 0.4) is 0 Å². The van der Waals surface area contributed by atoms with Gasteiger partial charge < -0.3 is 4.74 Å². The number of hydrogen-bond donors (Lipinski definition) is 1. The van der Waals surface area contributed by atoms with Crippen LogP contribution < -0.4 is 10.2 Å². The zero-order chi connectivity index (χ0) is 15.0. The predicted octanol–water partition coefficient (Wildman–Crippen LogP) is 2.48. The lowest BCUT2D eigenvalue weighted by molar-refractivity contribution is -0.123. The molecule has 0 saturated carbocycles. The molecule has 1 amide bonds. The summed E-state index contributed by atoms with van der Waals surface area (Å²) < 4.78 is 5.30. The number of nitrogens with zero attached hydrogens (tertiary/aromatic N) is 2. The van der Waals surface area contributed by atoms with Gasteiger partial charge in [-0.3, -0.25) is 4.79 Å². The van der Waals surface area contributed by atoms with Crippen molar-refractivity contribution >= 4 is 11.6 Å². The summed E-state index contributed by atoms with van der Waals surface area (Å²) in [5.41, 5.74) is 3.90. The van der Waals surface area contributed by atoms with Crippen molar-refractivity contribution in [2.45, 2.75) is 27.2 Å². The van der Waals surface area contributed by atoms with Crippen LogP contribution in [0.25, 0.3) is 0 Å². The third-order valence-corrected chi connectivity index (χ3v) is 3.04. The Morgan fingerprint density at radius 1 is 1.45 bits per heavy atom. The highest BCUT2D eigenvalue weighted by Crippen LogP contribution is 2.11. The van der Waals surface area contributed by atoms with Gasteiger partial charge in [0.1, 0.15) is 5.75 Å². The van der Waals surface area contributed by atoms with Gasteiger partial charge in [-0.15, -0.1) is 0 Å². The van der Waals surface area contributed by atoms with Gasteiger partial charge in [0.05, 0.1) is 11.6 Å².